The number of hydrogen-bond acceptors (Lipinski definition) is 3. The monoisotopic (exact) mass is 178 g/mol. The molecule has 0 aliphatic heterocycles. The van der Waals surface area contributed by atoms with Crippen molar-refractivity contribution in [1.29, 1.82) is 0 Å². The summed E-state index contributed by atoms with van der Waals surface area (Å²) in [5.41, 5.74) is 0. The van der Waals surface area contributed by atoms with Crippen LogP contribution in [0.5, 0.6) is 0 Å². The maximum atomic E-state index is 3.92. The van der Waals surface area contributed by atoms with Crippen LogP contribution in [0, 0.1) is 0 Å². The van der Waals surface area contributed by atoms with Gasteiger partial charge in [-0.2, -0.15) is 5.10 Å². The van der Waals surface area contributed by atoms with Gasteiger partial charge in [-0.3, -0.25) is 5.10 Å². The topological polar surface area (TPSA) is 28.7 Å². The van der Waals surface area contributed by atoms with Crippen LogP contribution in [-0.2, 0) is 0 Å². The van der Waals surface area contributed by atoms with Crippen LogP contribution in [0.1, 0.15) is 0 Å². The summed E-state index contributed by atoms with van der Waals surface area (Å²) >= 11 is 3.92. The molecule has 1 aromatic heterocycles. The minimum Gasteiger partial charge on any atom is -0.271 e. The third-order valence-electron chi connectivity index (χ3n) is 0.574. The maximum Gasteiger partial charge on any atom is 0.101 e. The SMILES string of the molecule is SSc1ccn[nH]1.[Na].[Na]. The molecule has 0 atom stereocenters. The molecule has 1 heterocycles. The van der Waals surface area contributed by atoms with E-state index in [0.717, 1.165) is 5.03 Å². The molecule has 2 radical (unpaired) electrons. The van der Waals surface area contributed by atoms with Crippen LogP contribution in [0.25, 0.3) is 0 Å². The van der Waals surface area contributed by atoms with Crippen LogP contribution in [0.15, 0.2) is 17.3 Å². The molecule has 1 rings (SSSR count). The molecule has 0 fully saturated rings. The predicted molar refractivity (Wildman–Crippen MR) is 44.9 cm³/mol. The van der Waals surface area contributed by atoms with Gasteiger partial charge in [0.25, 0.3) is 0 Å². The molecule has 0 spiro atoms. The van der Waals surface area contributed by atoms with Gasteiger partial charge in [-0.05, 0) is 16.9 Å². The number of rotatable bonds is 1. The van der Waals surface area contributed by atoms with E-state index in [-0.39, 0.29) is 59.1 Å². The first kappa shape index (κ1) is 13.5. The maximum absolute atomic E-state index is 3.92. The second-order valence-electron chi connectivity index (χ2n) is 1.01. The van der Waals surface area contributed by atoms with Crippen LogP contribution < -0.4 is 0 Å². The Labute approximate surface area is 107 Å². The van der Waals surface area contributed by atoms with Gasteiger partial charge in [0.05, 0.1) is 0 Å². The van der Waals surface area contributed by atoms with Crippen molar-refractivity contribution in [3.8, 4) is 0 Å². The molecule has 9 heavy (non-hydrogen) atoms. The summed E-state index contributed by atoms with van der Waals surface area (Å²) in [7, 11) is 1.35. The van der Waals surface area contributed by atoms with Gasteiger partial charge in [0, 0.05) is 65.3 Å². The Hall–Kier alpha value is 1.91. The molecule has 40 valence electrons. The standard InChI is InChI=1S/C3H4N2S2.2Na/c6-7-3-1-2-4-5-3;;/h1-2,6H,(H,4,5);;. The van der Waals surface area contributed by atoms with E-state index in [2.05, 4.69) is 21.9 Å². The van der Waals surface area contributed by atoms with Crippen molar-refractivity contribution in [2.24, 2.45) is 0 Å². The van der Waals surface area contributed by atoms with Crippen molar-refractivity contribution < 1.29 is 0 Å². The predicted octanol–water partition coefficient (Wildman–Crippen LogP) is 0.585. The zero-order valence-electron chi connectivity index (χ0n) is 5.46. The average molecular weight is 178 g/mol. The van der Waals surface area contributed by atoms with Gasteiger partial charge in [-0.25, -0.2) is 0 Å². The van der Waals surface area contributed by atoms with Crippen LogP contribution >= 0.6 is 22.5 Å². The molecule has 1 N–H and O–H groups in total. The van der Waals surface area contributed by atoms with Crippen LogP contribution in [0.3, 0.4) is 0 Å². The number of nitrogens with one attached hydrogen (secondary N) is 1. The molecule has 0 aromatic carbocycles. The van der Waals surface area contributed by atoms with Gasteiger partial charge < -0.3 is 0 Å². The fourth-order valence-corrected chi connectivity index (χ4v) is 0.814. The normalized spacial score (nSPS) is 7.22. The van der Waals surface area contributed by atoms with E-state index in [9.17, 15) is 0 Å². The summed E-state index contributed by atoms with van der Waals surface area (Å²) in [5, 5.41) is 7.40. The van der Waals surface area contributed by atoms with Crippen molar-refractivity contribution in [3.63, 3.8) is 0 Å². The van der Waals surface area contributed by atoms with Crippen molar-refractivity contribution >= 4 is 81.6 Å². The van der Waals surface area contributed by atoms with E-state index in [1.807, 2.05) is 6.07 Å². The summed E-state index contributed by atoms with van der Waals surface area (Å²) in [6, 6.07) is 1.86. The van der Waals surface area contributed by atoms with Crippen LogP contribution in [0.2, 0.25) is 0 Å². The Morgan fingerprint density at radius 3 is 2.44 bits per heavy atom. The Bertz CT molecular complexity index is 132. The number of hydrogen-bond donors (Lipinski definition) is 2. The Kier molecular flexibility index (Phi) is 12.0. The first-order chi connectivity index (χ1) is 3.43. The molecule has 0 unspecified atom stereocenters. The third kappa shape index (κ3) is 5.21. The number of thiol groups is 1. The van der Waals surface area contributed by atoms with Crippen LogP contribution in [-0.4, -0.2) is 69.3 Å². The molecule has 2 nitrogen and oxygen atoms in total. The summed E-state index contributed by atoms with van der Waals surface area (Å²) in [6.45, 7) is 0. The number of nitrogens with zero attached hydrogens (tertiary/aromatic N) is 1. The molecule has 1 aromatic rings. The van der Waals surface area contributed by atoms with Crippen molar-refractivity contribution in [2.45, 2.75) is 5.03 Å². The number of aromatic amines is 1. The molecule has 0 aliphatic carbocycles. The second-order valence-corrected chi connectivity index (χ2v) is 2.18. The molecule has 6 heteroatoms. The zero-order valence-corrected chi connectivity index (χ0v) is 11.2. The van der Waals surface area contributed by atoms with Gasteiger partial charge in [0.2, 0.25) is 0 Å². The molecule has 0 amide bonds. The van der Waals surface area contributed by atoms with E-state index in [4.69, 9.17) is 0 Å². The number of H-pyrrole nitrogens is 1. The Morgan fingerprint density at radius 2 is 2.22 bits per heavy atom. The second kappa shape index (κ2) is 8.01. The van der Waals surface area contributed by atoms with Crippen molar-refractivity contribution in [1.82, 2.24) is 10.2 Å². The largest absolute Gasteiger partial charge is 0.271 e. The summed E-state index contributed by atoms with van der Waals surface area (Å²) < 4.78 is 0. The minimum atomic E-state index is 0. The fraction of sp³-hybridized carbons (Fsp3) is 0. The van der Waals surface area contributed by atoms with E-state index in [1.165, 1.54) is 10.8 Å². The fourth-order valence-electron chi connectivity index (χ4n) is 0.294. The zero-order chi connectivity index (χ0) is 5.11. The van der Waals surface area contributed by atoms with Crippen molar-refractivity contribution in [2.75, 3.05) is 0 Å². The van der Waals surface area contributed by atoms with Gasteiger partial charge in [-0.1, -0.05) is 0 Å². The van der Waals surface area contributed by atoms with Gasteiger partial charge in [0.15, 0.2) is 0 Å². The first-order valence-electron chi connectivity index (χ1n) is 1.74. The molecular weight excluding hydrogens is 174 g/mol. The quantitative estimate of drug-likeness (QED) is 0.374. The summed E-state index contributed by atoms with van der Waals surface area (Å²) in [6.07, 6.45) is 1.69. The Balaban J connectivity index is 0. The average Bonchev–Trinajstić information content (AvgIpc) is 2.14. The molecule has 0 saturated carbocycles. The first-order valence-corrected chi connectivity index (χ1v) is 3.61. The van der Waals surface area contributed by atoms with Gasteiger partial charge in [-0.15, -0.1) is 11.7 Å². The third-order valence-corrected chi connectivity index (χ3v) is 1.59. The van der Waals surface area contributed by atoms with E-state index < -0.39 is 0 Å². The van der Waals surface area contributed by atoms with Crippen molar-refractivity contribution in [3.05, 3.63) is 12.3 Å². The smallest absolute Gasteiger partial charge is 0.101 e. The molecule has 0 saturated heterocycles. The van der Waals surface area contributed by atoms with Gasteiger partial charge in [0.1, 0.15) is 5.03 Å². The van der Waals surface area contributed by atoms with E-state index in [0.29, 0.717) is 0 Å². The van der Waals surface area contributed by atoms with Crippen LogP contribution in [0.4, 0.5) is 0 Å². The molecular formula is C3H4N2Na2S2. The minimum absolute atomic E-state index is 0. The summed E-state index contributed by atoms with van der Waals surface area (Å²) in [5.74, 6) is 0. The van der Waals surface area contributed by atoms with E-state index in [1.54, 1.807) is 6.20 Å². The number of aromatic nitrogens is 2. The summed E-state index contributed by atoms with van der Waals surface area (Å²) in [4.78, 5) is 0. The molecule has 0 bridgehead atoms. The van der Waals surface area contributed by atoms with Gasteiger partial charge >= 0.3 is 0 Å². The van der Waals surface area contributed by atoms with E-state index >= 15 is 0 Å². The molecule has 0 aliphatic rings. The Morgan fingerprint density at radius 1 is 1.56 bits per heavy atom.